The van der Waals surface area contributed by atoms with Crippen molar-refractivity contribution in [3.05, 3.63) is 29.3 Å². The van der Waals surface area contributed by atoms with E-state index in [2.05, 4.69) is 0 Å². The van der Waals surface area contributed by atoms with E-state index in [9.17, 15) is 18.0 Å². The average Bonchev–Trinajstić information content (AvgIpc) is 1.99. The van der Waals surface area contributed by atoms with Crippen LogP contribution >= 0.6 is 11.8 Å². The molecule has 0 atom stereocenters. The molecule has 0 heterocycles. The van der Waals surface area contributed by atoms with E-state index < -0.39 is 11.4 Å². The predicted molar refractivity (Wildman–Crippen MR) is 51.6 cm³/mol. The molecule has 1 amide bonds. The molecule has 0 bridgehead atoms. The van der Waals surface area contributed by atoms with Crippen LogP contribution in [0, 0.1) is 6.92 Å². The lowest BCUT2D eigenvalue weighted by Gasteiger charge is -2.09. The summed E-state index contributed by atoms with van der Waals surface area (Å²) in [5.41, 5.74) is 1.08. The number of aryl methyl sites for hydroxylation is 1. The van der Waals surface area contributed by atoms with Crippen molar-refractivity contribution < 1.29 is 18.0 Å². The van der Waals surface area contributed by atoms with Crippen LogP contribution in [0.15, 0.2) is 23.1 Å². The second-order valence-electron chi connectivity index (χ2n) is 2.91. The minimum atomic E-state index is -4.42. The molecule has 0 saturated carbocycles. The summed E-state index contributed by atoms with van der Waals surface area (Å²) in [5, 5.41) is 0. The normalized spacial score (nSPS) is 11.5. The van der Waals surface area contributed by atoms with E-state index in [1.807, 2.05) is 0 Å². The largest absolute Gasteiger partial charge is 0.446 e. The van der Waals surface area contributed by atoms with E-state index in [0.29, 0.717) is 5.56 Å². The van der Waals surface area contributed by atoms with Gasteiger partial charge < -0.3 is 5.73 Å². The SMILES string of the molecule is Cc1ccc(C(N)=O)c(SC(F)(F)F)c1. The Bertz CT molecular complexity index is 389. The molecule has 0 unspecified atom stereocenters. The summed E-state index contributed by atoms with van der Waals surface area (Å²) in [4.78, 5) is 10.7. The van der Waals surface area contributed by atoms with Crippen molar-refractivity contribution in [1.29, 1.82) is 0 Å². The van der Waals surface area contributed by atoms with Crippen LogP contribution in [0.1, 0.15) is 15.9 Å². The van der Waals surface area contributed by atoms with E-state index in [1.54, 1.807) is 13.0 Å². The second kappa shape index (κ2) is 4.14. The summed E-state index contributed by atoms with van der Waals surface area (Å²) in [6.07, 6.45) is 0. The van der Waals surface area contributed by atoms with Crippen molar-refractivity contribution in [2.75, 3.05) is 0 Å². The fourth-order valence-electron chi connectivity index (χ4n) is 1.04. The Hall–Kier alpha value is -1.17. The number of halogens is 3. The van der Waals surface area contributed by atoms with Gasteiger partial charge in [0.2, 0.25) is 5.91 Å². The van der Waals surface area contributed by atoms with Crippen LogP contribution in [0.5, 0.6) is 0 Å². The first kappa shape index (κ1) is 11.9. The molecule has 1 aromatic rings. The standard InChI is InChI=1S/C9H8F3NOS/c1-5-2-3-6(8(13)14)7(4-5)15-9(10,11)12/h2-4H,1H3,(H2,13,14). The number of hydrogen-bond acceptors (Lipinski definition) is 2. The van der Waals surface area contributed by atoms with Gasteiger partial charge in [-0.2, -0.15) is 13.2 Å². The van der Waals surface area contributed by atoms with E-state index in [-0.39, 0.29) is 22.2 Å². The summed E-state index contributed by atoms with van der Waals surface area (Å²) in [7, 11) is 0. The van der Waals surface area contributed by atoms with Crippen molar-refractivity contribution in [2.45, 2.75) is 17.3 Å². The Morgan fingerprint density at radius 2 is 2.00 bits per heavy atom. The maximum Gasteiger partial charge on any atom is 0.446 e. The minimum Gasteiger partial charge on any atom is -0.366 e. The number of benzene rings is 1. The number of thioether (sulfide) groups is 1. The smallest absolute Gasteiger partial charge is 0.366 e. The third kappa shape index (κ3) is 3.47. The summed E-state index contributed by atoms with van der Waals surface area (Å²) >= 11 is -0.331. The van der Waals surface area contributed by atoms with Crippen molar-refractivity contribution >= 4 is 17.7 Å². The van der Waals surface area contributed by atoms with Crippen LogP contribution in [0.4, 0.5) is 13.2 Å². The highest BCUT2D eigenvalue weighted by molar-refractivity contribution is 8.00. The molecule has 0 aliphatic heterocycles. The number of carbonyl (C=O) groups is 1. The summed E-state index contributed by atoms with van der Waals surface area (Å²) in [6.45, 7) is 1.64. The van der Waals surface area contributed by atoms with Gasteiger partial charge in [-0.1, -0.05) is 6.07 Å². The number of rotatable bonds is 2. The third-order valence-electron chi connectivity index (χ3n) is 1.63. The number of amides is 1. The van der Waals surface area contributed by atoms with E-state index in [4.69, 9.17) is 5.73 Å². The lowest BCUT2D eigenvalue weighted by Crippen LogP contribution is -2.13. The Morgan fingerprint density at radius 3 is 2.47 bits per heavy atom. The van der Waals surface area contributed by atoms with Gasteiger partial charge in [-0.25, -0.2) is 0 Å². The summed E-state index contributed by atoms with van der Waals surface area (Å²) in [6, 6.07) is 4.13. The minimum absolute atomic E-state index is 0.108. The van der Waals surface area contributed by atoms with Gasteiger partial charge in [-0.05, 0) is 36.4 Å². The van der Waals surface area contributed by atoms with Crippen LogP contribution in [0.2, 0.25) is 0 Å². The molecular formula is C9H8F3NOS. The first-order chi connectivity index (χ1) is 6.79. The lowest BCUT2D eigenvalue weighted by molar-refractivity contribution is -0.0328. The summed E-state index contributed by atoms with van der Waals surface area (Å²) in [5.74, 6) is -0.859. The monoisotopic (exact) mass is 235 g/mol. The quantitative estimate of drug-likeness (QED) is 0.801. The van der Waals surface area contributed by atoms with Gasteiger partial charge in [0.05, 0.1) is 5.56 Å². The van der Waals surface area contributed by atoms with Crippen molar-refractivity contribution in [2.24, 2.45) is 5.73 Å². The van der Waals surface area contributed by atoms with Crippen molar-refractivity contribution in [3.8, 4) is 0 Å². The zero-order chi connectivity index (χ0) is 11.6. The molecule has 6 heteroatoms. The number of primary amides is 1. The van der Waals surface area contributed by atoms with Gasteiger partial charge in [0, 0.05) is 4.90 Å². The number of alkyl halides is 3. The van der Waals surface area contributed by atoms with E-state index in [1.165, 1.54) is 12.1 Å². The van der Waals surface area contributed by atoms with Crippen LogP contribution in [-0.4, -0.2) is 11.4 Å². The van der Waals surface area contributed by atoms with Crippen LogP contribution in [0.3, 0.4) is 0 Å². The molecule has 0 radical (unpaired) electrons. The van der Waals surface area contributed by atoms with Crippen LogP contribution in [0.25, 0.3) is 0 Å². The molecule has 0 spiro atoms. The Kier molecular flexibility index (Phi) is 3.28. The van der Waals surface area contributed by atoms with Crippen molar-refractivity contribution in [1.82, 2.24) is 0 Å². The Morgan fingerprint density at radius 1 is 1.40 bits per heavy atom. The van der Waals surface area contributed by atoms with Gasteiger partial charge in [-0.3, -0.25) is 4.79 Å². The molecule has 0 fully saturated rings. The zero-order valence-corrected chi connectivity index (χ0v) is 8.58. The van der Waals surface area contributed by atoms with E-state index >= 15 is 0 Å². The van der Waals surface area contributed by atoms with Gasteiger partial charge in [-0.15, -0.1) is 0 Å². The van der Waals surface area contributed by atoms with Gasteiger partial charge >= 0.3 is 5.51 Å². The molecule has 0 aliphatic carbocycles. The lowest BCUT2D eigenvalue weighted by atomic mass is 10.1. The Labute approximate surface area is 88.6 Å². The number of carbonyl (C=O) groups excluding carboxylic acids is 1. The molecule has 82 valence electrons. The third-order valence-corrected chi connectivity index (χ3v) is 2.42. The molecule has 0 aliphatic rings. The van der Waals surface area contributed by atoms with Gasteiger partial charge in [0.25, 0.3) is 0 Å². The highest BCUT2D eigenvalue weighted by Crippen LogP contribution is 2.38. The second-order valence-corrected chi connectivity index (χ2v) is 4.02. The maximum atomic E-state index is 12.1. The molecule has 0 aromatic heterocycles. The number of hydrogen-bond donors (Lipinski definition) is 1. The number of nitrogens with two attached hydrogens (primary N) is 1. The highest BCUT2D eigenvalue weighted by Gasteiger charge is 2.31. The molecule has 2 nitrogen and oxygen atoms in total. The fourth-order valence-corrected chi connectivity index (χ4v) is 1.82. The fraction of sp³-hybridized carbons (Fsp3) is 0.222. The van der Waals surface area contributed by atoms with Crippen LogP contribution in [-0.2, 0) is 0 Å². The van der Waals surface area contributed by atoms with Crippen LogP contribution < -0.4 is 5.73 Å². The molecule has 2 N–H and O–H groups in total. The van der Waals surface area contributed by atoms with Crippen molar-refractivity contribution in [3.63, 3.8) is 0 Å². The van der Waals surface area contributed by atoms with E-state index in [0.717, 1.165) is 0 Å². The molecular weight excluding hydrogens is 227 g/mol. The molecule has 0 saturated heterocycles. The van der Waals surface area contributed by atoms with Gasteiger partial charge in [0.1, 0.15) is 0 Å². The average molecular weight is 235 g/mol. The topological polar surface area (TPSA) is 43.1 Å². The molecule has 1 aromatic carbocycles. The molecule has 1 rings (SSSR count). The highest BCUT2D eigenvalue weighted by atomic mass is 32.2. The predicted octanol–water partition coefficient (Wildman–Crippen LogP) is 2.71. The summed E-state index contributed by atoms with van der Waals surface area (Å²) < 4.78 is 36.4. The van der Waals surface area contributed by atoms with Gasteiger partial charge in [0.15, 0.2) is 0 Å². The molecule has 15 heavy (non-hydrogen) atoms. The zero-order valence-electron chi connectivity index (χ0n) is 7.76. The first-order valence-electron chi connectivity index (χ1n) is 3.96. The first-order valence-corrected chi connectivity index (χ1v) is 4.77. The maximum absolute atomic E-state index is 12.1. The Balaban J connectivity index is 3.13.